The maximum atomic E-state index is 13.5. The highest BCUT2D eigenvalue weighted by molar-refractivity contribution is 7.92. The molecule has 2 N–H and O–H groups in total. The van der Waals surface area contributed by atoms with E-state index in [0.717, 1.165) is 12.8 Å². The molecule has 0 saturated heterocycles. The summed E-state index contributed by atoms with van der Waals surface area (Å²) in [5.74, 6) is 0.0695. The van der Waals surface area contributed by atoms with E-state index >= 15 is 0 Å². The normalized spacial score (nSPS) is 18.6. The van der Waals surface area contributed by atoms with Gasteiger partial charge in [-0.3, -0.25) is 14.4 Å². The van der Waals surface area contributed by atoms with Crippen molar-refractivity contribution >= 4 is 21.6 Å². The number of nitrogens with zero attached hydrogens (tertiary/aromatic N) is 2. The number of anilines is 1. The van der Waals surface area contributed by atoms with Gasteiger partial charge in [0.2, 0.25) is 10.0 Å². The number of rotatable bonds is 9. The van der Waals surface area contributed by atoms with Gasteiger partial charge in [-0.15, -0.1) is 0 Å². The molecule has 1 heterocycles. The van der Waals surface area contributed by atoms with Crippen molar-refractivity contribution in [3.05, 3.63) is 83.9 Å². The Kier molecular flexibility index (Phi) is 8.94. The molecule has 4 rings (SSSR count). The van der Waals surface area contributed by atoms with Crippen LogP contribution in [0.4, 0.5) is 5.69 Å². The molecule has 9 heteroatoms. The van der Waals surface area contributed by atoms with Crippen molar-refractivity contribution in [1.82, 2.24) is 9.80 Å². The van der Waals surface area contributed by atoms with Crippen LogP contribution in [0.3, 0.4) is 0 Å². The summed E-state index contributed by atoms with van der Waals surface area (Å²) in [4.78, 5) is 17.3. The van der Waals surface area contributed by atoms with Crippen LogP contribution in [0.2, 0.25) is 0 Å². The Hall–Kier alpha value is -3.40. The molecule has 0 saturated carbocycles. The van der Waals surface area contributed by atoms with Gasteiger partial charge >= 0.3 is 0 Å². The largest absolute Gasteiger partial charge is 0.488 e. The first-order valence-electron chi connectivity index (χ1n) is 13.1. The third kappa shape index (κ3) is 7.38. The number of hydrogen-bond acceptors (Lipinski definition) is 6. The third-order valence-electron chi connectivity index (χ3n) is 6.97. The molecule has 0 bridgehead atoms. The smallest absolute Gasteiger partial charge is 0.258 e. The van der Waals surface area contributed by atoms with E-state index in [1.165, 1.54) is 22.8 Å². The Balaban J connectivity index is 1.54. The monoisotopic (exact) mass is 551 g/mol. The molecule has 208 valence electrons. The Bertz CT molecular complexity index is 1380. The number of ether oxygens (including phenoxy) is 1. The Labute approximate surface area is 231 Å². The second kappa shape index (κ2) is 12.2. The van der Waals surface area contributed by atoms with Gasteiger partial charge in [0.1, 0.15) is 11.9 Å². The lowest BCUT2D eigenvalue weighted by molar-refractivity contribution is 0.0341. The SMILES string of the molecule is C[C@@H]1CN([C@H](C)CO)C(=O)c2cc(NS(C)(=O)=O)ccc2O[C@H]1CN(C)Cc1ccc(-c2ccccc2)cc1. The van der Waals surface area contributed by atoms with Gasteiger partial charge in [0.15, 0.2) is 0 Å². The van der Waals surface area contributed by atoms with Crippen LogP contribution in [-0.4, -0.2) is 74.4 Å². The topological polar surface area (TPSA) is 99.2 Å². The summed E-state index contributed by atoms with van der Waals surface area (Å²) >= 11 is 0. The number of aliphatic hydroxyl groups is 1. The number of amides is 1. The Morgan fingerprint density at radius 1 is 1.08 bits per heavy atom. The summed E-state index contributed by atoms with van der Waals surface area (Å²) in [6.45, 7) is 5.39. The maximum Gasteiger partial charge on any atom is 0.258 e. The van der Waals surface area contributed by atoms with Crippen molar-refractivity contribution in [2.75, 3.05) is 37.7 Å². The quantitative estimate of drug-likeness (QED) is 0.416. The average Bonchev–Trinajstić information content (AvgIpc) is 2.90. The predicted octanol–water partition coefficient (Wildman–Crippen LogP) is 4.08. The van der Waals surface area contributed by atoms with E-state index in [1.54, 1.807) is 24.0 Å². The van der Waals surface area contributed by atoms with E-state index in [1.807, 2.05) is 32.2 Å². The zero-order valence-electron chi connectivity index (χ0n) is 22.9. The fourth-order valence-electron chi connectivity index (χ4n) is 4.83. The molecule has 0 aromatic heterocycles. The molecule has 3 atom stereocenters. The zero-order chi connectivity index (χ0) is 28.2. The third-order valence-corrected chi connectivity index (χ3v) is 7.58. The van der Waals surface area contributed by atoms with E-state index in [9.17, 15) is 18.3 Å². The predicted molar refractivity (Wildman–Crippen MR) is 154 cm³/mol. The van der Waals surface area contributed by atoms with E-state index in [4.69, 9.17) is 4.74 Å². The van der Waals surface area contributed by atoms with Gasteiger partial charge in [-0.05, 0) is 48.9 Å². The number of aliphatic hydroxyl groups excluding tert-OH is 1. The van der Waals surface area contributed by atoms with Gasteiger partial charge in [-0.2, -0.15) is 0 Å². The van der Waals surface area contributed by atoms with E-state index in [2.05, 4.69) is 46.0 Å². The van der Waals surface area contributed by atoms with Gasteiger partial charge in [0.05, 0.1) is 24.5 Å². The molecular formula is C30H37N3O5S. The minimum atomic E-state index is -3.52. The number of benzene rings is 3. The molecular weight excluding hydrogens is 514 g/mol. The second-order valence-electron chi connectivity index (χ2n) is 10.5. The lowest BCUT2D eigenvalue weighted by atomic mass is 9.99. The highest BCUT2D eigenvalue weighted by atomic mass is 32.2. The van der Waals surface area contributed by atoms with Crippen molar-refractivity contribution < 1.29 is 23.1 Å². The highest BCUT2D eigenvalue weighted by Gasteiger charge is 2.33. The summed E-state index contributed by atoms with van der Waals surface area (Å²) < 4.78 is 32.4. The van der Waals surface area contributed by atoms with Crippen molar-refractivity contribution in [3.63, 3.8) is 0 Å². The first kappa shape index (κ1) is 28.6. The van der Waals surface area contributed by atoms with E-state index in [0.29, 0.717) is 18.8 Å². The standard InChI is InChI=1S/C30H37N3O5S/c1-21-17-33(22(2)20-34)30(35)27-16-26(31-39(4,36)37)14-15-28(27)38-29(21)19-32(3)18-23-10-12-25(13-11-23)24-8-6-5-7-9-24/h5-16,21-22,29,31,34H,17-20H2,1-4H3/t21-,22-,29+/m1/s1. The van der Waals surface area contributed by atoms with Crippen LogP contribution in [-0.2, 0) is 16.6 Å². The summed E-state index contributed by atoms with van der Waals surface area (Å²) in [5.41, 5.74) is 4.08. The zero-order valence-corrected chi connectivity index (χ0v) is 23.7. The first-order chi connectivity index (χ1) is 18.5. The van der Waals surface area contributed by atoms with E-state index < -0.39 is 16.1 Å². The van der Waals surface area contributed by atoms with Crippen molar-refractivity contribution in [3.8, 4) is 16.9 Å². The maximum absolute atomic E-state index is 13.5. The van der Waals surface area contributed by atoms with Crippen LogP contribution in [0, 0.1) is 5.92 Å². The fourth-order valence-corrected chi connectivity index (χ4v) is 5.39. The van der Waals surface area contributed by atoms with Gasteiger partial charge in [0.25, 0.3) is 5.91 Å². The molecule has 3 aromatic rings. The van der Waals surface area contributed by atoms with Crippen molar-refractivity contribution in [2.24, 2.45) is 5.92 Å². The van der Waals surface area contributed by atoms with Crippen molar-refractivity contribution in [2.45, 2.75) is 32.5 Å². The second-order valence-corrected chi connectivity index (χ2v) is 12.2. The van der Waals surface area contributed by atoms with Crippen LogP contribution in [0.15, 0.2) is 72.8 Å². The number of nitrogens with one attached hydrogen (secondary N) is 1. The lowest BCUT2D eigenvalue weighted by Crippen LogP contribution is -2.49. The minimum absolute atomic E-state index is 0.0205. The summed E-state index contributed by atoms with van der Waals surface area (Å²) in [7, 11) is -1.48. The van der Waals surface area contributed by atoms with Gasteiger partial charge in [0, 0.05) is 31.2 Å². The number of sulfonamides is 1. The molecule has 0 aliphatic carbocycles. The van der Waals surface area contributed by atoms with Crippen LogP contribution in [0.25, 0.3) is 11.1 Å². The van der Waals surface area contributed by atoms with Gasteiger partial charge in [-0.1, -0.05) is 61.5 Å². The number of likely N-dealkylation sites (N-methyl/N-ethyl adjacent to an activating group) is 1. The molecule has 3 aromatic carbocycles. The average molecular weight is 552 g/mol. The molecule has 1 amide bonds. The summed E-state index contributed by atoms with van der Waals surface area (Å²) in [6, 6.07) is 23.1. The summed E-state index contributed by atoms with van der Waals surface area (Å²) in [6.07, 6.45) is 0.817. The van der Waals surface area contributed by atoms with Crippen molar-refractivity contribution in [1.29, 1.82) is 0 Å². The van der Waals surface area contributed by atoms with Crippen LogP contribution in [0.1, 0.15) is 29.8 Å². The number of carbonyl (C=O) groups is 1. The molecule has 0 radical (unpaired) electrons. The van der Waals surface area contributed by atoms with Gasteiger partial charge < -0.3 is 14.7 Å². The fraction of sp³-hybridized carbons (Fsp3) is 0.367. The number of carbonyl (C=O) groups excluding carboxylic acids is 1. The van der Waals surface area contributed by atoms with Gasteiger partial charge in [-0.25, -0.2) is 8.42 Å². The number of hydrogen-bond donors (Lipinski definition) is 2. The van der Waals surface area contributed by atoms with Crippen LogP contribution in [0.5, 0.6) is 5.75 Å². The molecule has 39 heavy (non-hydrogen) atoms. The Morgan fingerprint density at radius 2 is 1.74 bits per heavy atom. The minimum Gasteiger partial charge on any atom is -0.488 e. The molecule has 0 spiro atoms. The first-order valence-corrected chi connectivity index (χ1v) is 15.0. The summed E-state index contributed by atoms with van der Waals surface area (Å²) in [5, 5.41) is 9.85. The Morgan fingerprint density at radius 3 is 2.38 bits per heavy atom. The van der Waals surface area contributed by atoms with Crippen LogP contribution >= 0.6 is 0 Å². The van der Waals surface area contributed by atoms with Crippen LogP contribution < -0.4 is 9.46 Å². The number of fused-ring (bicyclic) bond motifs is 1. The molecule has 1 aliphatic rings. The molecule has 1 aliphatic heterocycles. The van der Waals surface area contributed by atoms with E-state index in [-0.39, 0.29) is 35.8 Å². The highest BCUT2D eigenvalue weighted by Crippen LogP contribution is 2.31. The molecule has 0 unspecified atom stereocenters. The lowest BCUT2D eigenvalue weighted by Gasteiger charge is -2.38. The molecule has 0 fully saturated rings. The molecule has 8 nitrogen and oxygen atoms in total.